The molecule has 0 fully saturated rings. The molecule has 1 heterocycles. The Bertz CT molecular complexity index is 1310. The monoisotopic (exact) mass is 511 g/mol. The summed E-state index contributed by atoms with van der Waals surface area (Å²) in [5.41, 5.74) is 1.49. The first-order chi connectivity index (χ1) is 16.8. The van der Waals surface area contributed by atoms with E-state index in [1.807, 2.05) is 6.07 Å². The van der Waals surface area contributed by atoms with E-state index >= 15 is 0 Å². The summed E-state index contributed by atoms with van der Waals surface area (Å²) < 4.78 is 15.9. The number of carbonyl (C=O) groups is 2. The number of ether oxygens (including phenoxy) is 3. The predicted octanol–water partition coefficient (Wildman–Crippen LogP) is 5.37. The number of hydrogen-bond acceptors (Lipinski definition) is 7. The van der Waals surface area contributed by atoms with Crippen LogP contribution in [0.4, 0.5) is 0 Å². The molecule has 1 aliphatic rings. The molecule has 0 radical (unpaired) electrons. The highest BCUT2D eigenvalue weighted by molar-refractivity contribution is 8.18. The third-order valence-corrected chi connectivity index (χ3v) is 6.10. The molecule has 1 amide bonds. The lowest BCUT2D eigenvalue weighted by atomic mass is 10.1. The summed E-state index contributed by atoms with van der Waals surface area (Å²) in [5.74, 6) is 1.30. The lowest BCUT2D eigenvalue weighted by Gasteiger charge is -2.12. The van der Waals surface area contributed by atoms with Crippen LogP contribution in [-0.4, -0.2) is 42.4 Å². The number of esters is 1. The van der Waals surface area contributed by atoms with Crippen LogP contribution >= 0.6 is 23.4 Å². The van der Waals surface area contributed by atoms with Gasteiger partial charge in [-0.2, -0.15) is 0 Å². The Hall–Kier alpha value is -3.67. The molecule has 9 heteroatoms. The van der Waals surface area contributed by atoms with Crippen LogP contribution in [0, 0.1) is 19.3 Å². The van der Waals surface area contributed by atoms with Gasteiger partial charge in [-0.1, -0.05) is 47.5 Å². The first-order valence-electron chi connectivity index (χ1n) is 10.4. The van der Waals surface area contributed by atoms with Gasteiger partial charge in [0.2, 0.25) is 0 Å². The summed E-state index contributed by atoms with van der Waals surface area (Å²) in [5, 5.41) is 11.1. The topological polar surface area (TPSA) is 94.4 Å². The second-order valence-electron chi connectivity index (χ2n) is 7.12. The van der Waals surface area contributed by atoms with Gasteiger partial charge in [0.25, 0.3) is 5.91 Å². The Morgan fingerprint density at radius 1 is 1.29 bits per heavy atom. The predicted molar refractivity (Wildman–Crippen MR) is 137 cm³/mol. The number of rotatable bonds is 7. The van der Waals surface area contributed by atoms with Crippen LogP contribution in [0.5, 0.6) is 11.5 Å². The van der Waals surface area contributed by atoms with E-state index in [-0.39, 0.29) is 45.3 Å². The van der Waals surface area contributed by atoms with Crippen molar-refractivity contribution in [3.05, 3.63) is 74.3 Å². The first-order valence-corrected chi connectivity index (χ1v) is 11.6. The Morgan fingerprint density at radius 3 is 2.69 bits per heavy atom. The quantitative estimate of drug-likeness (QED) is 0.394. The van der Waals surface area contributed by atoms with Gasteiger partial charge < -0.3 is 19.3 Å². The van der Waals surface area contributed by atoms with Gasteiger partial charge in [0.1, 0.15) is 23.0 Å². The summed E-state index contributed by atoms with van der Waals surface area (Å²) >= 11 is 7.31. The van der Waals surface area contributed by atoms with Crippen molar-refractivity contribution in [1.29, 1.82) is 0 Å². The molecular weight excluding hydrogens is 490 g/mol. The molecule has 7 nitrogen and oxygen atoms in total. The molecule has 1 aliphatic heterocycles. The molecule has 35 heavy (non-hydrogen) atoms. The van der Waals surface area contributed by atoms with Crippen molar-refractivity contribution in [3.63, 3.8) is 0 Å². The zero-order valence-electron chi connectivity index (χ0n) is 19.3. The number of carbonyl (C=O) groups excluding carboxylic acids is 2. The molecule has 0 unspecified atom stereocenters. The highest BCUT2D eigenvalue weighted by Crippen LogP contribution is 2.42. The van der Waals surface area contributed by atoms with Gasteiger partial charge in [0.15, 0.2) is 11.5 Å². The Morgan fingerprint density at radius 2 is 2.03 bits per heavy atom. The number of aliphatic hydroxyl groups is 1. The van der Waals surface area contributed by atoms with Crippen LogP contribution < -0.4 is 9.47 Å². The number of aliphatic hydroxyl groups excluding tert-OH is 1. The average molecular weight is 512 g/mol. The fraction of sp³-hybridized carbons (Fsp3) is 0.192. The zero-order chi connectivity index (χ0) is 25.5. The smallest absolute Gasteiger partial charge is 0.344 e. The van der Waals surface area contributed by atoms with Crippen LogP contribution in [0.3, 0.4) is 0 Å². The van der Waals surface area contributed by atoms with E-state index < -0.39 is 11.9 Å². The fourth-order valence-electron chi connectivity index (χ4n) is 3.19. The van der Waals surface area contributed by atoms with E-state index in [9.17, 15) is 14.7 Å². The second kappa shape index (κ2) is 11.6. The van der Waals surface area contributed by atoms with E-state index in [2.05, 4.69) is 10.9 Å². The molecule has 0 aromatic heterocycles. The molecule has 0 saturated heterocycles. The third-order valence-electron chi connectivity index (χ3n) is 4.80. The van der Waals surface area contributed by atoms with Gasteiger partial charge in [0.05, 0.1) is 23.6 Å². The molecule has 1 N–H and O–H groups in total. The number of nitrogens with zero attached hydrogens (tertiary/aromatic N) is 1. The summed E-state index contributed by atoms with van der Waals surface area (Å²) in [6.45, 7) is 3.52. The normalized spacial score (nSPS) is 15.3. The van der Waals surface area contributed by atoms with Crippen LogP contribution in [0.1, 0.15) is 28.4 Å². The summed E-state index contributed by atoms with van der Waals surface area (Å²) in [6, 6.07) is 10.2. The van der Waals surface area contributed by atoms with Crippen molar-refractivity contribution in [2.24, 2.45) is 4.99 Å². The van der Waals surface area contributed by atoms with Crippen LogP contribution in [-0.2, 0) is 9.53 Å². The summed E-state index contributed by atoms with van der Waals surface area (Å²) in [7, 11) is 1.45. The number of thioether (sulfide) groups is 1. The molecule has 0 saturated carbocycles. The number of methoxy groups -OCH3 is 1. The van der Waals surface area contributed by atoms with E-state index in [4.69, 9.17) is 32.2 Å². The molecule has 180 valence electrons. The number of halogens is 1. The standard InChI is InChI=1S/C26H22ClNO6S/c1-5-11-34-23-18(27)12-16(13-19(23)32-4)14-20-22(29)21(26(31)33-6-2)25(35-20)28-24(30)17-10-8-7-9-15(17)3/h1,7-10,12-14,29H,6,11H2,2-4H3/b20-14-,28-25?. The van der Waals surface area contributed by atoms with Crippen molar-refractivity contribution in [2.45, 2.75) is 13.8 Å². The molecule has 0 atom stereocenters. The van der Waals surface area contributed by atoms with Gasteiger partial charge in [-0.25, -0.2) is 9.79 Å². The first kappa shape index (κ1) is 25.9. The highest BCUT2D eigenvalue weighted by Gasteiger charge is 2.34. The van der Waals surface area contributed by atoms with Gasteiger partial charge in [-0.3, -0.25) is 4.79 Å². The SMILES string of the molecule is C#CCOc1c(Cl)cc(/C=C2\SC(=NC(=O)c3ccccc3C)C(C(=O)OCC)=C2O)cc1OC. The maximum absolute atomic E-state index is 12.8. The fourth-order valence-corrected chi connectivity index (χ4v) is 4.47. The van der Waals surface area contributed by atoms with E-state index in [0.29, 0.717) is 16.9 Å². The van der Waals surface area contributed by atoms with Gasteiger partial charge in [-0.15, -0.1) is 6.42 Å². The van der Waals surface area contributed by atoms with Crippen LogP contribution in [0.15, 0.2) is 57.6 Å². The molecular formula is C26H22ClNO6S. The lowest BCUT2D eigenvalue weighted by molar-refractivity contribution is -0.138. The molecule has 3 rings (SSSR count). The molecule has 2 aromatic carbocycles. The minimum absolute atomic E-state index is 0.00748. The number of amides is 1. The summed E-state index contributed by atoms with van der Waals surface area (Å²) in [4.78, 5) is 29.8. The Labute approximate surface area is 212 Å². The minimum atomic E-state index is -0.786. The number of terminal acetylenes is 1. The van der Waals surface area contributed by atoms with Gasteiger partial charge >= 0.3 is 5.97 Å². The average Bonchev–Trinajstić information content (AvgIpc) is 3.12. The zero-order valence-corrected chi connectivity index (χ0v) is 20.8. The minimum Gasteiger partial charge on any atom is -0.506 e. The van der Waals surface area contributed by atoms with Crippen LogP contribution in [0.2, 0.25) is 5.02 Å². The van der Waals surface area contributed by atoms with Crippen molar-refractivity contribution in [1.82, 2.24) is 0 Å². The van der Waals surface area contributed by atoms with E-state index in [1.165, 1.54) is 7.11 Å². The van der Waals surface area contributed by atoms with Gasteiger partial charge in [-0.05, 0) is 49.2 Å². The number of hydrogen-bond donors (Lipinski definition) is 1. The van der Waals surface area contributed by atoms with Crippen molar-refractivity contribution in [2.75, 3.05) is 20.3 Å². The third kappa shape index (κ3) is 5.88. The van der Waals surface area contributed by atoms with Crippen LogP contribution in [0.25, 0.3) is 6.08 Å². The van der Waals surface area contributed by atoms with Crippen molar-refractivity contribution >= 4 is 46.4 Å². The maximum Gasteiger partial charge on any atom is 0.344 e. The highest BCUT2D eigenvalue weighted by atomic mass is 35.5. The number of aryl methyl sites for hydroxylation is 1. The molecule has 0 aliphatic carbocycles. The van der Waals surface area contributed by atoms with Crippen molar-refractivity contribution < 1.29 is 28.9 Å². The lowest BCUT2D eigenvalue weighted by Crippen LogP contribution is -2.14. The maximum atomic E-state index is 12.8. The molecule has 0 bridgehead atoms. The largest absolute Gasteiger partial charge is 0.506 e. The Kier molecular flexibility index (Phi) is 8.63. The number of aliphatic imine (C=N–C) groups is 1. The number of benzene rings is 2. The van der Waals surface area contributed by atoms with Crippen molar-refractivity contribution in [3.8, 4) is 23.8 Å². The Balaban J connectivity index is 2.05. The van der Waals surface area contributed by atoms with E-state index in [1.54, 1.807) is 50.3 Å². The molecule has 0 spiro atoms. The van der Waals surface area contributed by atoms with Gasteiger partial charge in [0, 0.05) is 5.56 Å². The van der Waals surface area contributed by atoms with E-state index in [0.717, 1.165) is 17.3 Å². The molecule has 2 aromatic rings. The second-order valence-corrected chi connectivity index (χ2v) is 8.56. The summed E-state index contributed by atoms with van der Waals surface area (Å²) in [6.07, 6.45) is 6.83.